The number of methoxy groups -OCH3 is 1. The van der Waals surface area contributed by atoms with Gasteiger partial charge in [-0.2, -0.15) is 0 Å². The topological polar surface area (TPSA) is 93.2 Å². The average molecular weight is 390 g/mol. The Hall–Kier alpha value is -3.74. The summed E-state index contributed by atoms with van der Waals surface area (Å²) in [5.41, 5.74) is 4.72. The average Bonchev–Trinajstić information content (AvgIpc) is 2.69. The Labute approximate surface area is 169 Å². The smallest absolute Gasteiger partial charge is 0.337 e. The standard InChI is InChI=1S/C22H22N4O3/c1-13-8-9-18(14(2)10-13)25-20(27)19-11-15(3)23-22(26-19)24-17-7-5-6-16(12-17)21(28)29-4/h5-12H,1-4H3,(H,25,27)(H,23,24,26). The summed E-state index contributed by atoms with van der Waals surface area (Å²) in [4.78, 5) is 33.0. The number of aryl methyl sites for hydroxylation is 3. The van der Waals surface area contributed by atoms with Crippen LogP contribution in [0.5, 0.6) is 0 Å². The van der Waals surface area contributed by atoms with E-state index < -0.39 is 5.97 Å². The Morgan fingerprint density at radius 3 is 2.48 bits per heavy atom. The number of amides is 1. The van der Waals surface area contributed by atoms with Gasteiger partial charge in [-0.3, -0.25) is 4.79 Å². The van der Waals surface area contributed by atoms with Crippen molar-refractivity contribution in [3.8, 4) is 0 Å². The third-order valence-electron chi connectivity index (χ3n) is 4.26. The Bertz CT molecular complexity index is 1080. The zero-order chi connectivity index (χ0) is 21.0. The molecule has 3 aromatic rings. The maximum atomic E-state index is 12.7. The summed E-state index contributed by atoms with van der Waals surface area (Å²) in [5.74, 6) is -0.501. The molecule has 0 aliphatic rings. The number of hydrogen-bond acceptors (Lipinski definition) is 6. The molecule has 0 spiro atoms. The molecule has 148 valence electrons. The zero-order valence-electron chi connectivity index (χ0n) is 16.7. The molecule has 0 saturated heterocycles. The Kier molecular flexibility index (Phi) is 5.87. The molecular weight excluding hydrogens is 368 g/mol. The fourth-order valence-corrected chi connectivity index (χ4v) is 2.85. The largest absolute Gasteiger partial charge is 0.465 e. The quantitative estimate of drug-likeness (QED) is 0.635. The first kappa shape index (κ1) is 20.0. The van der Waals surface area contributed by atoms with E-state index in [4.69, 9.17) is 4.74 Å². The molecule has 0 aliphatic carbocycles. The molecule has 2 N–H and O–H groups in total. The van der Waals surface area contributed by atoms with Crippen LogP contribution in [0.25, 0.3) is 0 Å². The predicted octanol–water partition coefficient (Wildman–Crippen LogP) is 4.18. The van der Waals surface area contributed by atoms with E-state index in [0.29, 0.717) is 16.9 Å². The maximum Gasteiger partial charge on any atom is 0.337 e. The minimum atomic E-state index is -0.438. The summed E-state index contributed by atoms with van der Waals surface area (Å²) < 4.78 is 4.73. The summed E-state index contributed by atoms with van der Waals surface area (Å²) in [6.07, 6.45) is 0. The van der Waals surface area contributed by atoms with Gasteiger partial charge < -0.3 is 15.4 Å². The summed E-state index contributed by atoms with van der Waals surface area (Å²) in [6.45, 7) is 5.72. The SMILES string of the molecule is COC(=O)c1cccc(Nc2nc(C)cc(C(=O)Nc3ccc(C)cc3C)n2)c1. The number of carbonyl (C=O) groups excluding carboxylic acids is 2. The second kappa shape index (κ2) is 8.52. The molecule has 0 aliphatic heterocycles. The Morgan fingerprint density at radius 2 is 1.76 bits per heavy atom. The Morgan fingerprint density at radius 1 is 0.966 bits per heavy atom. The number of benzene rings is 2. The van der Waals surface area contributed by atoms with Gasteiger partial charge in [-0.25, -0.2) is 14.8 Å². The van der Waals surface area contributed by atoms with Crippen LogP contribution in [0.15, 0.2) is 48.5 Å². The molecule has 29 heavy (non-hydrogen) atoms. The van der Waals surface area contributed by atoms with Crippen LogP contribution in [0.2, 0.25) is 0 Å². The van der Waals surface area contributed by atoms with Gasteiger partial charge in [0.05, 0.1) is 12.7 Å². The number of anilines is 3. The van der Waals surface area contributed by atoms with Gasteiger partial charge in [-0.1, -0.05) is 23.8 Å². The third-order valence-corrected chi connectivity index (χ3v) is 4.26. The lowest BCUT2D eigenvalue weighted by Crippen LogP contribution is -2.16. The highest BCUT2D eigenvalue weighted by Gasteiger charge is 2.13. The van der Waals surface area contributed by atoms with E-state index in [1.165, 1.54) is 7.11 Å². The predicted molar refractivity (Wildman–Crippen MR) is 112 cm³/mol. The van der Waals surface area contributed by atoms with Gasteiger partial charge in [0.2, 0.25) is 5.95 Å². The lowest BCUT2D eigenvalue weighted by atomic mass is 10.1. The molecular formula is C22H22N4O3. The van der Waals surface area contributed by atoms with E-state index in [1.807, 2.05) is 32.0 Å². The van der Waals surface area contributed by atoms with Crippen LogP contribution >= 0.6 is 0 Å². The van der Waals surface area contributed by atoms with Crippen molar-refractivity contribution in [2.24, 2.45) is 0 Å². The van der Waals surface area contributed by atoms with Gasteiger partial charge >= 0.3 is 5.97 Å². The minimum absolute atomic E-state index is 0.240. The van der Waals surface area contributed by atoms with Crippen LogP contribution in [0, 0.1) is 20.8 Å². The van der Waals surface area contributed by atoms with E-state index in [0.717, 1.165) is 16.8 Å². The lowest BCUT2D eigenvalue weighted by molar-refractivity contribution is 0.0600. The molecule has 0 bridgehead atoms. The number of rotatable bonds is 5. The van der Waals surface area contributed by atoms with Crippen molar-refractivity contribution in [1.82, 2.24) is 9.97 Å². The number of nitrogens with zero attached hydrogens (tertiary/aromatic N) is 2. The molecule has 0 saturated carbocycles. The fourth-order valence-electron chi connectivity index (χ4n) is 2.85. The third kappa shape index (κ3) is 4.95. The zero-order valence-corrected chi connectivity index (χ0v) is 16.7. The van der Waals surface area contributed by atoms with Gasteiger partial charge in [-0.05, 0) is 56.7 Å². The summed E-state index contributed by atoms with van der Waals surface area (Å²) >= 11 is 0. The molecule has 3 rings (SSSR count). The Balaban J connectivity index is 1.82. The number of ether oxygens (including phenoxy) is 1. The highest BCUT2D eigenvalue weighted by Crippen LogP contribution is 2.19. The van der Waals surface area contributed by atoms with Crippen molar-refractivity contribution >= 4 is 29.2 Å². The van der Waals surface area contributed by atoms with Crippen molar-refractivity contribution in [2.45, 2.75) is 20.8 Å². The first-order valence-corrected chi connectivity index (χ1v) is 9.05. The van der Waals surface area contributed by atoms with E-state index in [-0.39, 0.29) is 17.5 Å². The maximum absolute atomic E-state index is 12.7. The monoisotopic (exact) mass is 390 g/mol. The molecule has 7 heteroatoms. The van der Waals surface area contributed by atoms with Gasteiger partial charge in [-0.15, -0.1) is 0 Å². The van der Waals surface area contributed by atoms with E-state index in [9.17, 15) is 9.59 Å². The van der Waals surface area contributed by atoms with Crippen molar-refractivity contribution in [3.63, 3.8) is 0 Å². The minimum Gasteiger partial charge on any atom is -0.465 e. The number of aromatic nitrogens is 2. The molecule has 0 atom stereocenters. The first-order chi connectivity index (χ1) is 13.9. The second-order valence-electron chi connectivity index (χ2n) is 6.69. The van der Waals surface area contributed by atoms with E-state index >= 15 is 0 Å². The van der Waals surface area contributed by atoms with Crippen LogP contribution in [0.4, 0.5) is 17.3 Å². The lowest BCUT2D eigenvalue weighted by Gasteiger charge is -2.11. The molecule has 0 fully saturated rings. The van der Waals surface area contributed by atoms with Crippen molar-refractivity contribution in [1.29, 1.82) is 0 Å². The molecule has 0 radical (unpaired) electrons. The van der Waals surface area contributed by atoms with Crippen LogP contribution in [0.3, 0.4) is 0 Å². The summed E-state index contributed by atoms with van der Waals surface area (Å²) in [6, 6.07) is 14.2. The molecule has 1 amide bonds. The molecule has 2 aromatic carbocycles. The van der Waals surface area contributed by atoms with Crippen molar-refractivity contribution in [2.75, 3.05) is 17.7 Å². The number of esters is 1. The van der Waals surface area contributed by atoms with Gasteiger partial charge in [0.15, 0.2) is 0 Å². The highest BCUT2D eigenvalue weighted by atomic mass is 16.5. The molecule has 1 heterocycles. The van der Waals surface area contributed by atoms with Gasteiger partial charge in [0.25, 0.3) is 5.91 Å². The highest BCUT2D eigenvalue weighted by molar-refractivity contribution is 6.03. The van der Waals surface area contributed by atoms with Gasteiger partial charge in [0.1, 0.15) is 5.69 Å². The molecule has 7 nitrogen and oxygen atoms in total. The fraction of sp³-hybridized carbons (Fsp3) is 0.182. The number of nitrogens with one attached hydrogen (secondary N) is 2. The second-order valence-corrected chi connectivity index (χ2v) is 6.69. The van der Waals surface area contributed by atoms with Crippen LogP contribution in [-0.2, 0) is 4.74 Å². The van der Waals surface area contributed by atoms with Gasteiger partial charge in [0, 0.05) is 17.1 Å². The van der Waals surface area contributed by atoms with Crippen LogP contribution in [-0.4, -0.2) is 29.0 Å². The van der Waals surface area contributed by atoms with E-state index in [2.05, 4.69) is 20.6 Å². The van der Waals surface area contributed by atoms with Crippen molar-refractivity contribution in [3.05, 3.63) is 76.6 Å². The first-order valence-electron chi connectivity index (χ1n) is 9.05. The molecule has 0 unspecified atom stereocenters. The van der Waals surface area contributed by atoms with Crippen LogP contribution < -0.4 is 10.6 Å². The summed E-state index contributed by atoms with van der Waals surface area (Å²) in [7, 11) is 1.33. The van der Waals surface area contributed by atoms with Crippen LogP contribution in [0.1, 0.15) is 37.7 Å². The van der Waals surface area contributed by atoms with E-state index in [1.54, 1.807) is 37.3 Å². The molecule has 1 aromatic heterocycles. The van der Waals surface area contributed by atoms with Crippen molar-refractivity contribution < 1.29 is 14.3 Å². The summed E-state index contributed by atoms with van der Waals surface area (Å²) in [5, 5.41) is 5.92. The number of carbonyl (C=O) groups is 2. The normalized spacial score (nSPS) is 10.3. The number of hydrogen-bond donors (Lipinski definition) is 2.